The zero-order valence-corrected chi connectivity index (χ0v) is 17.6. The summed E-state index contributed by atoms with van der Waals surface area (Å²) < 4.78 is 7.56. The smallest absolute Gasteiger partial charge is 0.325 e. The summed E-state index contributed by atoms with van der Waals surface area (Å²) in [5.41, 5.74) is 4.77. The molecule has 1 amide bonds. The van der Waals surface area contributed by atoms with Crippen molar-refractivity contribution < 1.29 is 14.3 Å². The van der Waals surface area contributed by atoms with Crippen LogP contribution in [0.3, 0.4) is 0 Å². The fourth-order valence-corrected chi connectivity index (χ4v) is 3.98. The molecule has 0 atom stereocenters. The van der Waals surface area contributed by atoms with Crippen LogP contribution in [-0.2, 0) is 16.1 Å². The number of aromatic nitrogens is 1. The number of aryl methyl sites for hydroxylation is 2. The lowest BCUT2D eigenvalue weighted by Gasteiger charge is -2.06. The normalized spacial score (nSPS) is 12.0. The Labute approximate surface area is 168 Å². The van der Waals surface area contributed by atoms with E-state index < -0.39 is 0 Å². The van der Waals surface area contributed by atoms with Crippen LogP contribution in [0.1, 0.15) is 46.8 Å². The highest BCUT2D eigenvalue weighted by Crippen LogP contribution is 2.24. The third-order valence-corrected chi connectivity index (χ3v) is 5.88. The van der Waals surface area contributed by atoms with Gasteiger partial charge in [0, 0.05) is 5.56 Å². The summed E-state index contributed by atoms with van der Waals surface area (Å²) in [4.78, 5) is 29.5. The Morgan fingerprint density at radius 2 is 1.86 bits per heavy atom. The number of nitrogens with zero attached hydrogens (tertiary/aromatic N) is 2. The Kier molecular flexibility index (Phi) is 5.79. The maximum Gasteiger partial charge on any atom is 0.325 e. The molecule has 5 nitrogen and oxygen atoms in total. The van der Waals surface area contributed by atoms with Crippen molar-refractivity contribution in [1.82, 2.24) is 4.57 Å². The number of hydrogen-bond acceptors (Lipinski definition) is 4. The predicted octanol–water partition coefficient (Wildman–Crippen LogP) is 4.36. The largest absolute Gasteiger partial charge is 0.468 e. The van der Waals surface area contributed by atoms with Crippen molar-refractivity contribution in [3.8, 4) is 0 Å². The van der Waals surface area contributed by atoms with Crippen molar-refractivity contribution >= 4 is 33.4 Å². The quantitative estimate of drug-likeness (QED) is 0.616. The number of methoxy groups -OCH3 is 1. The molecule has 146 valence electrons. The molecule has 3 rings (SSSR count). The van der Waals surface area contributed by atoms with Crippen molar-refractivity contribution in [3.05, 3.63) is 63.5 Å². The van der Waals surface area contributed by atoms with Crippen molar-refractivity contribution in [2.45, 2.75) is 40.2 Å². The summed E-state index contributed by atoms with van der Waals surface area (Å²) in [5, 5.41) is 0. The first-order valence-electron chi connectivity index (χ1n) is 9.16. The lowest BCUT2D eigenvalue weighted by Crippen LogP contribution is -2.22. The van der Waals surface area contributed by atoms with Gasteiger partial charge in [0.05, 0.1) is 17.3 Å². The van der Waals surface area contributed by atoms with E-state index >= 15 is 0 Å². The fraction of sp³-hybridized carbons (Fsp3) is 0.318. The summed E-state index contributed by atoms with van der Waals surface area (Å²) in [6, 6.07) is 11.7. The molecule has 0 bridgehead atoms. The number of esters is 1. The van der Waals surface area contributed by atoms with Crippen molar-refractivity contribution in [2.24, 2.45) is 4.99 Å². The van der Waals surface area contributed by atoms with E-state index in [-0.39, 0.29) is 18.4 Å². The average molecular weight is 397 g/mol. The fourth-order valence-electron chi connectivity index (χ4n) is 2.91. The Bertz CT molecular complexity index is 1120. The van der Waals surface area contributed by atoms with Crippen LogP contribution in [0.25, 0.3) is 10.2 Å². The van der Waals surface area contributed by atoms with Crippen molar-refractivity contribution in [1.29, 1.82) is 0 Å². The van der Waals surface area contributed by atoms with Crippen LogP contribution in [0.15, 0.2) is 41.4 Å². The Morgan fingerprint density at radius 3 is 2.50 bits per heavy atom. The molecular formula is C22H24N2O3S. The molecule has 3 aromatic rings. The van der Waals surface area contributed by atoms with Gasteiger partial charge in [0.25, 0.3) is 5.91 Å². The van der Waals surface area contributed by atoms with Gasteiger partial charge in [-0.2, -0.15) is 4.99 Å². The van der Waals surface area contributed by atoms with Crippen molar-refractivity contribution in [2.75, 3.05) is 7.11 Å². The first-order chi connectivity index (χ1) is 13.3. The van der Waals surface area contributed by atoms with Gasteiger partial charge in [-0.15, -0.1) is 0 Å². The maximum absolute atomic E-state index is 12.7. The second-order valence-corrected chi connectivity index (χ2v) is 8.15. The average Bonchev–Trinajstić information content (AvgIpc) is 2.99. The van der Waals surface area contributed by atoms with Crippen LogP contribution in [0, 0.1) is 13.8 Å². The van der Waals surface area contributed by atoms with Gasteiger partial charge >= 0.3 is 5.97 Å². The molecule has 0 radical (unpaired) electrons. The van der Waals surface area contributed by atoms with Gasteiger partial charge in [-0.05, 0) is 60.7 Å². The van der Waals surface area contributed by atoms with Gasteiger partial charge < -0.3 is 9.30 Å². The molecule has 0 N–H and O–H groups in total. The number of carbonyl (C=O) groups is 2. The SMILES string of the molecule is COC(=O)Cn1c(=NC(=O)c2ccc(C)c(C)c2)sc2cc(C(C)C)ccc21. The van der Waals surface area contributed by atoms with Gasteiger partial charge in [0.1, 0.15) is 6.54 Å². The topological polar surface area (TPSA) is 60.7 Å². The Balaban J connectivity index is 2.15. The van der Waals surface area contributed by atoms with Gasteiger partial charge in [-0.25, -0.2) is 0 Å². The van der Waals surface area contributed by atoms with Crippen LogP contribution in [0.4, 0.5) is 0 Å². The van der Waals surface area contributed by atoms with E-state index in [1.807, 2.05) is 38.1 Å². The lowest BCUT2D eigenvalue weighted by atomic mass is 10.0. The van der Waals surface area contributed by atoms with Gasteiger partial charge in [0.2, 0.25) is 0 Å². The summed E-state index contributed by atoms with van der Waals surface area (Å²) in [5.74, 6) is -0.316. The molecule has 28 heavy (non-hydrogen) atoms. The second kappa shape index (κ2) is 8.10. The van der Waals surface area contributed by atoms with E-state index in [4.69, 9.17) is 4.74 Å². The van der Waals surface area contributed by atoms with E-state index in [9.17, 15) is 9.59 Å². The standard InChI is InChI=1S/C22H24N2O3S/c1-13(2)16-8-9-18-19(11-16)28-22(24(18)12-20(25)27-5)23-21(26)17-7-6-14(3)15(4)10-17/h6-11,13H,12H2,1-5H3. The number of amides is 1. The van der Waals surface area contributed by atoms with Crippen LogP contribution in [0.2, 0.25) is 0 Å². The summed E-state index contributed by atoms with van der Waals surface area (Å²) in [7, 11) is 1.35. The van der Waals surface area contributed by atoms with E-state index in [0.717, 1.165) is 21.3 Å². The summed E-state index contributed by atoms with van der Waals surface area (Å²) >= 11 is 1.41. The molecule has 0 aliphatic rings. The molecule has 1 heterocycles. The van der Waals surface area contributed by atoms with Gasteiger partial charge in [-0.3, -0.25) is 9.59 Å². The molecule has 1 aromatic heterocycles. The monoisotopic (exact) mass is 396 g/mol. The first kappa shape index (κ1) is 20.0. The molecule has 2 aromatic carbocycles. The minimum absolute atomic E-state index is 0.0105. The zero-order valence-electron chi connectivity index (χ0n) is 16.8. The molecule has 0 fully saturated rings. The van der Waals surface area contributed by atoms with Crippen LogP contribution >= 0.6 is 11.3 Å². The maximum atomic E-state index is 12.7. The number of ether oxygens (including phenoxy) is 1. The van der Waals surface area contributed by atoms with E-state index in [1.54, 1.807) is 10.6 Å². The number of fused-ring (bicyclic) bond motifs is 1. The number of thiazole rings is 1. The summed E-state index contributed by atoms with van der Waals surface area (Å²) in [6.07, 6.45) is 0. The highest BCUT2D eigenvalue weighted by Gasteiger charge is 2.14. The van der Waals surface area contributed by atoms with E-state index in [1.165, 1.54) is 24.0 Å². The number of benzene rings is 2. The molecule has 6 heteroatoms. The molecule has 0 aliphatic carbocycles. The molecule has 0 saturated carbocycles. The molecule has 0 saturated heterocycles. The molecular weight excluding hydrogens is 372 g/mol. The van der Waals surface area contributed by atoms with Crippen LogP contribution in [0.5, 0.6) is 0 Å². The Morgan fingerprint density at radius 1 is 1.11 bits per heavy atom. The second-order valence-electron chi connectivity index (χ2n) is 7.14. The Hall–Kier alpha value is -2.73. The minimum Gasteiger partial charge on any atom is -0.468 e. The molecule has 0 aliphatic heterocycles. The highest BCUT2D eigenvalue weighted by atomic mass is 32.1. The lowest BCUT2D eigenvalue weighted by molar-refractivity contribution is -0.141. The highest BCUT2D eigenvalue weighted by molar-refractivity contribution is 7.16. The van der Waals surface area contributed by atoms with E-state index in [2.05, 4.69) is 24.9 Å². The van der Waals surface area contributed by atoms with Crippen molar-refractivity contribution in [3.63, 3.8) is 0 Å². The molecule has 0 unspecified atom stereocenters. The first-order valence-corrected chi connectivity index (χ1v) is 9.98. The van der Waals surface area contributed by atoms with Crippen LogP contribution < -0.4 is 4.80 Å². The zero-order chi connectivity index (χ0) is 20.4. The number of rotatable bonds is 4. The number of carbonyl (C=O) groups excluding carboxylic acids is 2. The summed E-state index contributed by atoms with van der Waals surface area (Å²) in [6.45, 7) is 8.24. The van der Waals surface area contributed by atoms with Gasteiger partial charge in [0.15, 0.2) is 4.80 Å². The minimum atomic E-state index is -0.382. The number of hydrogen-bond donors (Lipinski definition) is 0. The predicted molar refractivity (Wildman–Crippen MR) is 112 cm³/mol. The van der Waals surface area contributed by atoms with Crippen LogP contribution in [-0.4, -0.2) is 23.6 Å². The third-order valence-electron chi connectivity index (χ3n) is 4.84. The van der Waals surface area contributed by atoms with Gasteiger partial charge in [-0.1, -0.05) is 37.3 Å². The third kappa shape index (κ3) is 4.07. The van der Waals surface area contributed by atoms with E-state index in [0.29, 0.717) is 16.3 Å². The molecule has 0 spiro atoms.